The molecule has 0 atom stereocenters. The van der Waals surface area contributed by atoms with Crippen molar-refractivity contribution in [3.05, 3.63) is 120 Å². The number of rotatable bonds is 11. The van der Waals surface area contributed by atoms with E-state index < -0.39 is 5.60 Å². The molecule has 1 amide bonds. The minimum Gasteiger partial charge on any atom is -0.493 e. The molecule has 0 radical (unpaired) electrons. The predicted octanol–water partition coefficient (Wildman–Crippen LogP) is 7.20. The molecule has 37 heavy (non-hydrogen) atoms. The van der Waals surface area contributed by atoms with Gasteiger partial charge in [-0.1, -0.05) is 60.7 Å². The first kappa shape index (κ1) is 25.6. The van der Waals surface area contributed by atoms with Crippen molar-refractivity contribution in [2.75, 3.05) is 6.61 Å². The van der Waals surface area contributed by atoms with Crippen molar-refractivity contribution in [3.8, 4) is 11.5 Å². The highest BCUT2D eigenvalue weighted by molar-refractivity contribution is 5.84. The molecule has 188 valence electrons. The maximum atomic E-state index is 12.6. The summed E-state index contributed by atoms with van der Waals surface area (Å²) in [5.74, 6) is 1.26. The van der Waals surface area contributed by atoms with Gasteiger partial charge in [-0.15, -0.1) is 0 Å². The first-order valence-corrected chi connectivity index (χ1v) is 12.3. The molecule has 0 aliphatic rings. The smallest absolute Gasteiger partial charge is 0.263 e. The van der Waals surface area contributed by atoms with Crippen LogP contribution in [0.2, 0.25) is 0 Å². The summed E-state index contributed by atoms with van der Waals surface area (Å²) in [7, 11) is 0. The van der Waals surface area contributed by atoms with Crippen LogP contribution in [-0.4, -0.2) is 18.1 Å². The zero-order chi connectivity index (χ0) is 25.9. The number of hydrogen-bond acceptors (Lipinski definition) is 5. The number of benzene rings is 4. The molecule has 6 heteroatoms. The standard InChI is InChI=1S/C31H31N3O3/c1-31(2,30(35)32-23-25-9-5-3-6-10-25)37-29-17-13-24(14-18-29)21-22-36-28-19-15-27(16-20-28)34-33-26-11-7-4-8-12-26/h3-20H,21-23H2,1-2H3,(H,32,35). The Bertz CT molecular complexity index is 1290. The number of ether oxygens (including phenoxy) is 2. The third-order valence-corrected chi connectivity index (χ3v) is 5.67. The van der Waals surface area contributed by atoms with Crippen molar-refractivity contribution in [1.82, 2.24) is 5.32 Å². The number of carbonyl (C=O) groups excluding carboxylic acids is 1. The highest BCUT2D eigenvalue weighted by Gasteiger charge is 2.29. The molecule has 0 bridgehead atoms. The third kappa shape index (κ3) is 8.04. The van der Waals surface area contributed by atoms with E-state index in [1.807, 2.05) is 109 Å². The lowest BCUT2D eigenvalue weighted by Crippen LogP contribution is -2.46. The van der Waals surface area contributed by atoms with Gasteiger partial charge < -0.3 is 14.8 Å². The maximum absolute atomic E-state index is 12.6. The SMILES string of the molecule is CC(C)(Oc1ccc(CCOc2ccc(N=Nc3ccccc3)cc2)cc1)C(=O)NCc1ccccc1. The number of nitrogens with zero attached hydrogens (tertiary/aromatic N) is 2. The van der Waals surface area contributed by atoms with Crippen molar-refractivity contribution in [1.29, 1.82) is 0 Å². The van der Waals surface area contributed by atoms with E-state index in [0.717, 1.165) is 34.7 Å². The lowest BCUT2D eigenvalue weighted by Gasteiger charge is -2.25. The van der Waals surface area contributed by atoms with E-state index in [4.69, 9.17) is 9.47 Å². The van der Waals surface area contributed by atoms with E-state index in [1.54, 1.807) is 13.8 Å². The van der Waals surface area contributed by atoms with E-state index in [1.165, 1.54) is 0 Å². The van der Waals surface area contributed by atoms with Gasteiger partial charge in [0.25, 0.3) is 5.91 Å². The number of carbonyl (C=O) groups is 1. The summed E-state index contributed by atoms with van der Waals surface area (Å²) in [6.07, 6.45) is 0.747. The van der Waals surface area contributed by atoms with Gasteiger partial charge in [0.05, 0.1) is 18.0 Å². The van der Waals surface area contributed by atoms with Crippen molar-refractivity contribution >= 4 is 17.3 Å². The predicted molar refractivity (Wildman–Crippen MR) is 146 cm³/mol. The van der Waals surface area contributed by atoms with Crippen LogP contribution in [0.4, 0.5) is 11.4 Å². The molecule has 0 saturated carbocycles. The zero-order valence-electron chi connectivity index (χ0n) is 21.1. The van der Waals surface area contributed by atoms with Crippen LogP contribution in [-0.2, 0) is 17.8 Å². The molecule has 6 nitrogen and oxygen atoms in total. The second kappa shape index (κ2) is 12.5. The quantitative estimate of drug-likeness (QED) is 0.225. The Balaban J connectivity index is 1.21. The summed E-state index contributed by atoms with van der Waals surface area (Å²) in [4.78, 5) is 12.6. The summed E-state index contributed by atoms with van der Waals surface area (Å²) in [6.45, 7) is 4.54. The lowest BCUT2D eigenvalue weighted by molar-refractivity contribution is -0.134. The molecule has 1 N–H and O–H groups in total. The fraction of sp³-hybridized carbons (Fsp3) is 0.194. The molecular weight excluding hydrogens is 462 g/mol. The van der Waals surface area contributed by atoms with Crippen LogP contribution < -0.4 is 14.8 Å². The molecule has 0 aliphatic heterocycles. The molecule has 4 aromatic rings. The second-order valence-corrected chi connectivity index (χ2v) is 9.05. The first-order chi connectivity index (χ1) is 18.0. The number of nitrogens with one attached hydrogen (secondary N) is 1. The van der Waals surface area contributed by atoms with E-state index in [2.05, 4.69) is 15.5 Å². The number of amides is 1. The van der Waals surface area contributed by atoms with Gasteiger partial charge in [-0.2, -0.15) is 10.2 Å². The van der Waals surface area contributed by atoms with Gasteiger partial charge in [-0.05, 0) is 73.5 Å². The number of hydrogen-bond donors (Lipinski definition) is 1. The molecule has 0 aliphatic carbocycles. The largest absolute Gasteiger partial charge is 0.493 e. The highest BCUT2D eigenvalue weighted by atomic mass is 16.5. The maximum Gasteiger partial charge on any atom is 0.263 e. The van der Waals surface area contributed by atoms with Gasteiger partial charge in [0, 0.05) is 13.0 Å². The van der Waals surface area contributed by atoms with Crippen LogP contribution in [0, 0.1) is 0 Å². The summed E-state index contributed by atoms with van der Waals surface area (Å²) >= 11 is 0. The molecule has 0 fully saturated rings. The summed E-state index contributed by atoms with van der Waals surface area (Å²) < 4.78 is 11.9. The minimum atomic E-state index is -0.994. The molecule has 0 aromatic heterocycles. The van der Waals surface area contributed by atoms with Gasteiger partial charge >= 0.3 is 0 Å². The van der Waals surface area contributed by atoms with Crippen molar-refractivity contribution in [2.45, 2.75) is 32.4 Å². The summed E-state index contributed by atoms with van der Waals surface area (Å²) in [5.41, 5.74) is 2.75. The molecular formula is C31H31N3O3. The van der Waals surface area contributed by atoms with Crippen molar-refractivity contribution in [3.63, 3.8) is 0 Å². The van der Waals surface area contributed by atoms with Crippen LogP contribution in [0.25, 0.3) is 0 Å². The molecule has 4 rings (SSSR count). The van der Waals surface area contributed by atoms with Crippen LogP contribution in [0.15, 0.2) is 119 Å². The topological polar surface area (TPSA) is 72.3 Å². The van der Waals surface area contributed by atoms with Gasteiger partial charge in [-0.3, -0.25) is 4.79 Å². The molecule has 4 aromatic carbocycles. The highest BCUT2D eigenvalue weighted by Crippen LogP contribution is 2.22. The average molecular weight is 494 g/mol. The Labute approximate surface area is 218 Å². The van der Waals surface area contributed by atoms with E-state index >= 15 is 0 Å². The van der Waals surface area contributed by atoms with Gasteiger partial charge in [0.2, 0.25) is 0 Å². The Morgan fingerprint density at radius 3 is 1.92 bits per heavy atom. The monoisotopic (exact) mass is 493 g/mol. The molecule has 0 heterocycles. The number of azo groups is 1. The second-order valence-electron chi connectivity index (χ2n) is 9.05. The van der Waals surface area contributed by atoms with Crippen LogP contribution in [0.1, 0.15) is 25.0 Å². The van der Waals surface area contributed by atoms with E-state index in [9.17, 15) is 4.79 Å². The van der Waals surface area contributed by atoms with Gasteiger partial charge in [0.15, 0.2) is 5.60 Å². The average Bonchev–Trinajstić information content (AvgIpc) is 2.93. The Morgan fingerprint density at radius 2 is 1.27 bits per heavy atom. The van der Waals surface area contributed by atoms with Crippen molar-refractivity contribution in [2.24, 2.45) is 10.2 Å². The van der Waals surface area contributed by atoms with Crippen LogP contribution in [0.5, 0.6) is 11.5 Å². The van der Waals surface area contributed by atoms with E-state index in [0.29, 0.717) is 18.9 Å². The van der Waals surface area contributed by atoms with Crippen molar-refractivity contribution < 1.29 is 14.3 Å². The molecule has 0 spiro atoms. The lowest BCUT2D eigenvalue weighted by atomic mass is 10.1. The fourth-order valence-electron chi connectivity index (χ4n) is 3.56. The minimum absolute atomic E-state index is 0.165. The first-order valence-electron chi connectivity index (χ1n) is 12.3. The molecule has 0 saturated heterocycles. The zero-order valence-corrected chi connectivity index (χ0v) is 21.1. The third-order valence-electron chi connectivity index (χ3n) is 5.67. The van der Waals surface area contributed by atoms with Crippen LogP contribution >= 0.6 is 0 Å². The van der Waals surface area contributed by atoms with Crippen LogP contribution in [0.3, 0.4) is 0 Å². The normalized spacial score (nSPS) is 11.3. The fourth-order valence-corrected chi connectivity index (χ4v) is 3.56. The molecule has 0 unspecified atom stereocenters. The Morgan fingerprint density at radius 1 is 0.703 bits per heavy atom. The summed E-state index contributed by atoms with van der Waals surface area (Å²) in [5, 5.41) is 11.4. The van der Waals surface area contributed by atoms with E-state index in [-0.39, 0.29) is 5.91 Å². The Hall–Kier alpha value is -4.45. The van der Waals surface area contributed by atoms with Gasteiger partial charge in [0.1, 0.15) is 11.5 Å². The Kier molecular flexibility index (Phi) is 8.66. The summed E-state index contributed by atoms with van der Waals surface area (Å²) in [6, 6.07) is 34.7. The van der Waals surface area contributed by atoms with Gasteiger partial charge in [-0.25, -0.2) is 0 Å².